The van der Waals surface area contributed by atoms with Crippen LogP contribution < -0.4 is 5.32 Å². The van der Waals surface area contributed by atoms with Crippen LogP contribution in [0.15, 0.2) is 0 Å². The van der Waals surface area contributed by atoms with E-state index in [9.17, 15) is 4.79 Å². The number of alkyl halides is 1. The molecule has 0 aromatic rings. The largest absolute Gasteiger partial charge is 0.342 e. The first kappa shape index (κ1) is 11.8. The number of hydrogen-bond donors (Lipinski definition) is 1. The van der Waals surface area contributed by atoms with Gasteiger partial charge in [-0.25, -0.2) is 0 Å². The zero-order valence-corrected chi connectivity index (χ0v) is 9.52. The lowest BCUT2D eigenvalue weighted by Gasteiger charge is -2.15. The summed E-state index contributed by atoms with van der Waals surface area (Å²) in [7, 11) is 0. The van der Waals surface area contributed by atoms with Gasteiger partial charge in [0.1, 0.15) is 0 Å². The number of hydrogen-bond acceptors (Lipinski definition) is 2. The molecular weight excluding hydrogens is 200 g/mol. The van der Waals surface area contributed by atoms with Gasteiger partial charge in [-0.05, 0) is 25.4 Å². The standard InChI is InChI=1S/C10H19ClN2O/c1-2-12-4-3-5-13-8-9(7-11)6-10(13)14/h9,12H,2-8H2,1H3. The Bertz CT molecular complexity index is 187. The Balaban J connectivity index is 2.15. The SMILES string of the molecule is CCNCCCN1CC(CCl)CC1=O. The molecule has 1 fully saturated rings. The molecular formula is C10H19ClN2O. The van der Waals surface area contributed by atoms with E-state index in [0.29, 0.717) is 18.2 Å². The van der Waals surface area contributed by atoms with E-state index in [1.165, 1.54) is 0 Å². The Morgan fingerprint density at radius 2 is 2.43 bits per heavy atom. The average molecular weight is 219 g/mol. The van der Waals surface area contributed by atoms with Crippen LogP contribution in [0.4, 0.5) is 0 Å². The van der Waals surface area contributed by atoms with E-state index in [4.69, 9.17) is 11.6 Å². The highest BCUT2D eigenvalue weighted by molar-refractivity contribution is 6.18. The molecule has 1 aliphatic heterocycles. The minimum atomic E-state index is 0.271. The maximum atomic E-state index is 11.5. The van der Waals surface area contributed by atoms with Crippen molar-refractivity contribution in [1.29, 1.82) is 0 Å². The van der Waals surface area contributed by atoms with E-state index in [1.807, 2.05) is 4.90 Å². The monoisotopic (exact) mass is 218 g/mol. The van der Waals surface area contributed by atoms with Crippen LogP contribution in [0.2, 0.25) is 0 Å². The molecule has 1 heterocycles. The van der Waals surface area contributed by atoms with E-state index in [0.717, 1.165) is 32.6 Å². The predicted molar refractivity (Wildman–Crippen MR) is 58.6 cm³/mol. The second-order valence-corrected chi connectivity index (χ2v) is 4.08. The quantitative estimate of drug-likeness (QED) is 0.535. The molecule has 1 amide bonds. The van der Waals surface area contributed by atoms with E-state index in [1.54, 1.807) is 0 Å². The summed E-state index contributed by atoms with van der Waals surface area (Å²) in [6, 6.07) is 0. The third-order valence-corrected chi connectivity index (χ3v) is 2.98. The van der Waals surface area contributed by atoms with Crippen molar-refractivity contribution in [3.8, 4) is 0 Å². The third kappa shape index (κ3) is 3.46. The van der Waals surface area contributed by atoms with Gasteiger partial charge in [-0.2, -0.15) is 0 Å². The molecule has 0 aliphatic carbocycles. The van der Waals surface area contributed by atoms with Crippen molar-refractivity contribution in [1.82, 2.24) is 10.2 Å². The Labute approximate surface area is 90.8 Å². The van der Waals surface area contributed by atoms with Gasteiger partial charge in [-0.15, -0.1) is 11.6 Å². The molecule has 82 valence electrons. The number of carbonyl (C=O) groups is 1. The van der Waals surface area contributed by atoms with Gasteiger partial charge in [0.25, 0.3) is 0 Å². The highest BCUT2D eigenvalue weighted by Crippen LogP contribution is 2.18. The summed E-state index contributed by atoms with van der Waals surface area (Å²) in [5.74, 6) is 1.26. The molecule has 0 saturated carbocycles. The first-order chi connectivity index (χ1) is 6.77. The average Bonchev–Trinajstić information content (AvgIpc) is 2.54. The minimum Gasteiger partial charge on any atom is -0.342 e. The van der Waals surface area contributed by atoms with Gasteiger partial charge in [-0.1, -0.05) is 6.92 Å². The second-order valence-electron chi connectivity index (χ2n) is 3.77. The van der Waals surface area contributed by atoms with Crippen LogP contribution in [-0.2, 0) is 4.79 Å². The lowest BCUT2D eigenvalue weighted by molar-refractivity contribution is -0.127. The van der Waals surface area contributed by atoms with Crippen LogP contribution in [0.1, 0.15) is 19.8 Å². The molecule has 1 unspecified atom stereocenters. The van der Waals surface area contributed by atoms with Gasteiger partial charge in [-0.3, -0.25) is 4.79 Å². The lowest BCUT2D eigenvalue weighted by atomic mass is 10.1. The molecule has 1 atom stereocenters. The molecule has 1 N–H and O–H groups in total. The van der Waals surface area contributed by atoms with Crippen molar-refractivity contribution >= 4 is 17.5 Å². The lowest BCUT2D eigenvalue weighted by Crippen LogP contribution is -2.29. The molecule has 0 spiro atoms. The summed E-state index contributed by atoms with van der Waals surface area (Å²) in [5, 5.41) is 3.25. The van der Waals surface area contributed by atoms with Crippen LogP contribution in [-0.4, -0.2) is 42.9 Å². The Kier molecular flexibility index (Phi) is 5.26. The van der Waals surface area contributed by atoms with Crippen LogP contribution in [0.3, 0.4) is 0 Å². The van der Waals surface area contributed by atoms with Gasteiger partial charge in [0.15, 0.2) is 0 Å². The normalized spacial score (nSPS) is 22.0. The molecule has 0 aromatic carbocycles. The molecule has 0 aromatic heterocycles. The Hall–Kier alpha value is -0.280. The van der Waals surface area contributed by atoms with Gasteiger partial charge >= 0.3 is 0 Å². The summed E-state index contributed by atoms with van der Waals surface area (Å²) in [4.78, 5) is 13.4. The number of nitrogens with one attached hydrogen (secondary N) is 1. The van der Waals surface area contributed by atoms with Crippen molar-refractivity contribution < 1.29 is 4.79 Å². The van der Waals surface area contributed by atoms with Gasteiger partial charge < -0.3 is 10.2 Å². The predicted octanol–water partition coefficient (Wildman–Crippen LogP) is 1.07. The number of rotatable bonds is 6. The van der Waals surface area contributed by atoms with E-state index in [-0.39, 0.29) is 5.91 Å². The second kappa shape index (κ2) is 6.25. The zero-order chi connectivity index (χ0) is 10.4. The fourth-order valence-electron chi connectivity index (χ4n) is 1.75. The van der Waals surface area contributed by atoms with Crippen LogP contribution in [0.5, 0.6) is 0 Å². The molecule has 0 bridgehead atoms. The van der Waals surface area contributed by atoms with Gasteiger partial charge in [0, 0.05) is 25.4 Å². The van der Waals surface area contributed by atoms with Crippen LogP contribution in [0.25, 0.3) is 0 Å². The van der Waals surface area contributed by atoms with Crippen molar-refractivity contribution in [2.24, 2.45) is 5.92 Å². The zero-order valence-electron chi connectivity index (χ0n) is 8.76. The van der Waals surface area contributed by atoms with Crippen molar-refractivity contribution in [2.45, 2.75) is 19.8 Å². The minimum absolute atomic E-state index is 0.271. The summed E-state index contributed by atoms with van der Waals surface area (Å²) in [6.07, 6.45) is 1.68. The summed E-state index contributed by atoms with van der Waals surface area (Å²) < 4.78 is 0. The Morgan fingerprint density at radius 1 is 1.64 bits per heavy atom. The van der Waals surface area contributed by atoms with E-state index < -0.39 is 0 Å². The fraction of sp³-hybridized carbons (Fsp3) is 0.900. The molecule has 0 radical (unpaired) electrons. The van der Waals surface area contributed by atoms with Crippen molar-refractivity contribution in [2.75, 3.05) is 32.1 Å². The fourth-order valence-corrected chi connectivity index (χ4v) is 1.95. The van der Waals surface area contributed by atoms with Crippen LogP contribution in [0, 0.1) is 5.92 Å². The summed E-state index contributed by atoms with van der Waals surface area (Å²) >= 11 is 5.73. The molecule has 1 rings (SSSR count). The maximum absolute atomic E-state index is 11.5. The molecule has 3 nitrogen and oxygen atoms in total. The highest BCUT2D eigenvalue weighted by atomic mass is 35.5. The maximum Gasteiger partial charge on any atom is 0.222 e. The van der Waals surface area contributed by atoms with E-state index in [2.05, 4.69) is 12.2 Å². The number of likely N-dealkylation sites (tertiary alicyclic amines) is 1. The smallest absolute Gasteiger partial charge is 0.222 e. The molecule has 1 saturated heterocycles. The molecule has 4 heteroatoms. The van der Waals surface area contributed by atoms with Gasteiger partial charge in [0.2, 0.25) is 5.91 Å². The summed E-state index contributed by atoms with van der Waals surface area (Å²) in [6.45, 7) is 5.81. The highest BCUT2D eigenvalue weighted by Gasteiger charge is 2.27. The topological polar surface area (TPSA) is 32.3 Å². The van der Waals surface area contributed by atoms with Crippen LogP contribution >= 0.6 is 11.6 Å². The number of carbonyl (C=O) groups excluding carboxylic acids is 1. The van der Waals surface area contributed by atoms with E-state index >= 15 is 0 Å². The number of nitrogens with zero attached hydrogens (tertiary/aromatic N) is 1. The number of amides is 1. The third-order valence-electron chi connectivity index (χ3n) is 2.54. The first-order valence-electron chi connectivity index (χ1n) is 5.32. The molecule has 1 aliphatic rings. The van der Waals surface area contributed by atoms with Gasteiger partial charge in [0.05, 0.1) is 0 Å². The van der Waals surface area contributed by atoms with Crippen molar-refractivity contribution in [3.63, 3.8) is 0 Å². The summed E-state index contributed by atoms with van der Waals surface area (Å²) in [5.41, 5.74) is 0. The number of halogens is 1. The Morgan fingerprint density at radius 3 is 3.00 bits per heavy atom. The molecule has 14 heavy (non-hydrogen) atoms. The first-order valence-corrected chi connectivity index (χ1v) is 5.85. The van der Waals surface area contributed by atoms with Crippen molar-refractivity contribution in [3.05, 3.63) is 0 Å².